The fourth-order valence-corrected chi connectivity index (χ4v) is 2.21. The lowest BCUT2D eigenvalue weighted by Gasteiger charge is -2.19. The van der Waals surface area contributed by atoms with E-state index in [0.29, 0.717) is 18.2 Å². The minimum absolute atomic E-state index is 0.0898. The van der Waals surface area contributed by atoms with E-state index in [1.165, 1.54) is 12.1 Å². The van der Waals surface area contributed by atoms with Crippen LogP contribution in [0.2, 0.25) is 0 Å². The highest BCUT2D eigenvalue weighted by Crippen LogP contribution is 2.13. The van der Waals surface area contributed by atoms with Crippen LogP contribution in [0.15, 0.2) is 24.3 Å². The third-order valence-electron chi connectivity index (χ3n) is 3.14. The van der Waals surface area contributed by atoms with Crippen LogP contribution in [0.5, 0.6) is 0 Å². The summed E-state index contributed by atoms with van der Waals surface area (Å²) in [6.45, 7) is 2.79. The molecular weight excluding hydrogens is 247 g/mol. The van der Waals surface area contributed by atoms with Gasteiger partial charge in [-0.05, 0) is 43.7 Å². The van der Waals surface area contributed by atoms with Gasteiger partial charge in [0.1, 0.15) is 5.82 Å². The lowest BCUT2D eigenvalue weighted by Crippen LogP contribution is -2.33. The number of rotatable bonds is 5. The number of nitrogens with one attached hydrogen (secondary N) is 1. The van der Waals surface area contributed by atoms with Crippen molar-refractivity contribution in [3.05, 3.63) is 30.1 Å². The van der Waals surface area contributed by atoms with Crippen molar-refractivity contribution in [3.8, 4) is 0 Å². The minimum atomic E-state index is -0.309. The molecule has 4 nitrogen and oxygen atoms in total. The van der Waals surface area contributed by atoms with Gasteiger partial charge in [-0.3, -0.25) is 9.69 Å². The predicted molar refractivity (Wildman–Crippen MR) is 71.5 cm³/mol. The number of halogens is 1. The second kappa shape index (κ2) is 6.63. The van der Waals surface area contributed by atoms with Gasteiger partial charge in [0, 0.05) is 18.8 Å². The maximum Gasteiger partial charge on any atom is 0.238 e. The Labute approximate surface area is 112 Å². The van der Waals surface area contributed by atoms with Crippen molar-refractivity contribution < 1.29 is 13.9 Å². The summed E-state index contributed by atoms with van der Waals surface area (Å²) in [5.74, 6) is 0.119. The molecule has 1 atom stereocenters. The van der Waals surface area contributed by atoms with E-state index in [0.717, 1.165) is 26.2 Å². The highest BCUT2D eigenvalue weighted by atomic mass is 19.1. The molecule has 104 valence electrons. The Balaban J connectivity index is 1.75. The molecule has 0 radical (unpaired) electrons. The number of nitrogens with zero attached hydrogens (tertiary/aromatic N) is 1. The first-order valence-corrected chi connectivity index (χ1v) is 6.45. The highest BCUT2D eigenvalue weighted by Gasteiger charge is 2.18. The Bertz CT molecular complexity index is 416. The van der Waals surface area contributed by atoms with Gasteiger partial charge < -0.3 is 10.1 Å². The van der Waals surface area contributed by atoms with E-state index >= 15 is 0 Å². The number of amides is 1. The van der Waals surface area contributed by atoms with Crippen molar-refractivity contribution in [2.75, 3.05) is 38.7 Å². The zero-order valence-electron chi connectivity index (χ0n) is 11.1. The molecule has 1 aromatic carbocycles. The van der Waals surface area contributed by atoms with Crippen LogP contribution in [0.4, 0.5) is 10.1 Å². The topological polar surface area (TPSA) is 41.6 Å². The highest BCUT2D eigenvalue weighted by molar-refractivity contribution is 5.92. The standard InChI is InChI=1S/C14H19FN2O2/c1-17(8-11-6-7-19-10-11)9-14(18)16-13-4-2-12(15)3-5-13/h2-5,11H,6-10H2,1H3,(H,16,18). The molecule has 2 rings (SSSR count). The summed E-state index contributed by atoms with van der Waals surface area (Å²) < 4.78 is 18.0. The monoisotopic (exact) mass is 266 g/mol. The fraction of sp³-hybridized carbons (Fsp3) is 0.500. The summed E-state index contributed by atoms with van der Waals surface area (Å²) in [6, 6.07) is 5.76. The van der Waals surface area contributed by atoms with Gasteiger partial charge in [0.2, 0.25) is 5.91 Å². The maximum atomic E-state index is 12.7. The molecule has 1 fully saturated rings. The van der Waals surface area contributed by atoms with E-state index in [2.05, 4.69) is 5.32 Å². The van der Waals surface area contributed by atoms with Gasteiger partial charge in [0.15, 0.2) is 0 Å². The second-order valence-corrected chi connectivity index (χ2v) is 4.98. The SMILES string of the molecule is CN(CC(=O)Nc1ccc(F)cc1)CC1CCOC1. The number of likely N-dealkylation sites (N-methyl/N-ethyl adjacent to an activating group) is 1. The molecule has 1 heterocycles. The number of ether oxygens (including phenoxy) is 1. The molecule has 5 heteroatoms. The van der Waals surface area contributed by atoms with E-state index in [4.69, 9.17) is 4.74 Å². The summed E-state index contributed by atoms with van der Waals surface area (Å²) in [4.78, 5) is 13.8. The average molecular weight is 266 g/mol. The Hall–Kier alpha value is -1.46. The lowest BCUT2D eigenvalue weighted by molar-refractivity contribution is -0.117. The van der Waals surface area contributed by atoms with Crippen LogP contribution in [-0.2, 0) is 9.53 Å². The normalized spacial score (nSPS) is 18.8. The van der Waals surface area contributed by atoms with E-state index < -0.39 is 0 Å². The number of hydrogen-bond donors (Lipinski definition) is 1. The largest absolute Gasteiger partial charge is 0.381 e. The van der Waals surface area contributed by atoms with Crippen LogP contribution in [0.1, 0.15) is 6.42 Å². The van der Waals surface area contributed by atoms with E-state index in [-0.39, 0.29) is 11.7 Å². The van der Waals surface area contributed by atoms with Gasteiger partial charge in [-0.25, -0.2) is 4.39 Å². The molecule has 1 amide bonds. The molecule has 1 N–H and O–H groups in total. The Morgan fingerprint density at radius 2 is 2.21 bits per heavy atom. The molecule has 19 heavy (non-hydrogen) atoms. The molecule has 0 saturated carbocycles. The molecule has 0 aromatic heterocycles. The summed E-state index contributed by atoms with van der Waals surface area (Å²) in [7, 11) is 1.92. The van der Waals surface area contributed by atoms with Crippen LogP contribution < -0.4 is 5.32 Å². The molecular formula is C14H19FN2O2. The summed E-state index contributed by atoms with van der Waals surface area (Å²) in [5.41, 5.74) is 0.615. The van der Waals surface area contributed by atoms with Crippen molar-refractivity contribution in [1.29, 1.82) is 0 Å². The van der Waals surface area contributed by atoms with Crippen molar-refractivity contribution in [3.63, 3.8) is 0 Å². The van der Waals surface area contributed by atoms with E-state index in [1.807, 2.05) is 11.9 Å². The Kier molecular flexibility index (Phi) is 4.87. The summed E-state index contributed by atoms with van der Waals surface area (Å²) in [6.07, 6.45) is 1.06. The molecule has 1 saturated heterocycles. The van der Waals surface area contributed by atoms with Crippen LogP contribution in [-0.4, -0.2) is 44.2 Å². The number of hydrogen-bond acceptors (Lipinski definition) is 3. The minimum Gasteiger partial charge on any atom is -0.381 e. The first-order valence-electron chi connectivity index (χ1n) is 6.45. The Morgan fingerprint density at radius 1 is 1.47 bits per heavy atom. The van der Waals surface area contributed by atoms with Gasteiger partial charge in [0.25, 0.3) is 0 Å². The number of carbonyl (C=O) groups is 1. The fourth-order valence-electron chi connectivity index (χ4n) is 2.21. The van der Waals surface area contributed by atoms with Crippen molar-refractivity contribution in [2.45, 2.75) is 6.42 Å². The van der Waals surface area contributed by atoms with Crippen LogP contribution >= 0.6 is 0 Å². The smallest absolute Gasteiger partial charge is 0.238 e. The first-order chi connectivity index (χ1) is 9.13. The maximum absolute atomic E-state index is 12.7. The quantitative estimate of drug-likeness (QED) is 0.882. The molecule has 0 spiro atoms. The third-order valence-corrected chi connectivity index (χ3v) is 3.14. The van der Waals surface area contributed by atoms with Gasteiger partial charge in [-0.2, -0.15) is 0 Å². The number of anilines is 1. The van der Waals surface area contributed by atoms with Gasteiger partial charge in [-0.15, -0.1) is 0 Å². The van der Waals surface area contributed by atoms with Crippen LogP contribution in [0.3, 0.4) is 0 Å². The number of carbonyl (C=O) groups excluding carboxylic acids is 1. The van der Waals surface area contributed by atoms with Crippen molar-refractivity contribution in [1.82, 2.24) is 4.90 Å². The van der Waals surface area contributed by atoms with Gasteiger partial charge in [0.05, 0.1) is 13.2 Å². The zero-order chi connectivity index (χ0) is 13.7. The molecule has 1 aliphatic rings. The van der Waals surface area contributed by atoms with Gasteiger partial charge >= 0.3 is 0 Å². The number of benzene rings is 1. The molecule has 1 unspecified atom stereocenters. The molecule has 0 aliphatic carbocycles. The van der Waals surface area contributed by atoms with Crippen molar-refractivity contribution in [2.24, 2.45) is 5.92 Å². The molecule has 1 aliphatic heterocycles. The van der Waals surface area contributed by atoms with Crippen molar-refractivity contribution >= 4 is 11.6 Å². The summed E-state index contributed by atoms with van der Waals surface area (Å²) in [5, 5.41) is 2.75. The van der Waals surface area contributed by atoms with Crippen LogP contribution in [0.25, 0.3) is 0 Å². The molecule has 1 aromatic rings. The Morgan fingerprint density at radius 3 is 2.84 bits per heavy atom. The summed E-state index contributed by atoms with van der Waals surface area (Å²) >= 11 is 0. The van der Waals surface area contributed by atoms with Crippen LogP contribution in [0, 0.1) is 11.7 Å². The molecule has 0 bridgehead atoms. The van der Waals surface area contributed by atoms with Gasteiger partial charge in [-0.1, -0.05) is 0 Å². The van der Waals surface area contributed by atoms with E-state index in [1.54, 1.807) is 12.1 Å². The second-order valence-electron chi connectivity index (χ2n) is 4.98. The average Bonchev–Trinajstić information content (AvgIpc) is 2.84. The third kappa shape index (κ3) is 4.61. The predicted octanol–water partition coefficient (Wildman–Crippen LogP) is 1.73. The van der Waals surface area contributed by atoms with E-state index in [9.17, 15) is 9.18 Å². The first kappa shape index (κ1) is 14.0. The zero-order valence-corrected chi connectivity index (χ0v) is 11.1. The lowest BCUT2D eigenvalue weighted by atomic mass is 10.1.